The van der Waals surface area contributed by atoms with Crippen LogP contribution in [-0.2, 0) is 85.8 Å². The summed E-state index contributed by atoms with van der Waals surface area (Å²) in [5.74, 6) is -2.93. The first-order valence-corrected chi connectivity index (χ1v) is 35.3. The van der Waals surface area contributed by atoms with Crippen LogP contribution in [0.1, 0.15) is 145 Å². The lowest BCUT2D eigenvalue weighted by molar-refractivity contribution is -0.270. The largest absolute Gasteiger partial charge is 0.394 e. The summed E-state index contributed by atoms with van der Waals surface area (Å²) < 4.78 is 52.3. The van der Waals surface area contributed by atoms with E-state index in [9.17, 15) is 89.1 Å². The third kappa shape index (κ3) is 38.0. The average Bonchev–Trinajstić information content (AvgIpc) is 0.822. The fraction of sp³-hybridized carbons (Fsp3) is 0.864. The SMILES string of the molecule is CC(=O)NC1C(OCCCCC(=O)NCCCNC(=O)CCOCC(COCCC(=O)NCCCNC(=O)CCCCOC2OC(CO)C(O)C(O)C2NC(C)=O)(COCCC(=O)NCCCNC(=O)CCCCOC(OC(CO)[C@H](C)O)[C@H](CO)NC(C)=O)C(C)(C)C)OC(CO)C(O)C1O. The molecule has 0 spiro atoms. The van der Waals surface area contributed by atoms with Crippen LogP contribution in [0.5, 0.6) is 0 Å². The summed E-state index contributed by atoms with van der Waals surface area (Å²) in [5, 5.41) is 114. The highest BCUT2D eigenvalue weighted by Gasteiger charge is 2.47. The van der Waals surface area contributed by atoms with E-state index >= 15 is 0 Å². The molecule has 592 valence electrons. The van der Waals surface area contributed by atoms with Crippen LogP contribution >= 0.6 is 0 Å². The van der Waals surface area contributed by atoms with E-state index in [2.05, 4.69) is 47.9 Å². The predicted octanol–water partition coefficient (Wildman–Crippen LogP) is -4.86. The number of carbonyl (C=O) groups excluding carboxylic acids is 9. The molecule has 9 amide bonds. The summed E-state index contributed by atoms with van der Waals surface area (Å²) in [5.41, 5.74) is -1.41. The van der Waals surface area contributed by atoms with Crippen molar-refractivity contribution < 1.29 is 132 Å². The van der Waals surface area contributed by atoms with Gasteiger partial charge >= 0.3 is 0 Å². The van der Waals surface area contributed by atoms with E-state index in [1.807, 2.05) is 20.8 Å². The normalized spacial score (nSPS) is 22.4. The molecule has 2 rings (SSSR count). The quantitative estimate of drug-likeness (QED) is 0.0201. The van der Waals surface area contributed by atoms with Gasteiger partial charge in [0.2, 0.25) is 53.2 Å². The van der Waals surface area contributed by atoms with Gasteiger partial charge < -0.3 is 136 Å². The number of aliphatic hydroxyl groups excluding tert-OH is 9. The average molecular weight is 1470 g/mol. The fourth-order valence-corrected chi connectivity index (χ4v) is 10.4. The Labute approximate surface area is 597 Å². The van der Waals surface area contributed by atoms with Crippen molar-refractivity contribution in [2.75, 3.05) is 125 Å². The lowest BCUT2D eigenvalue weighted by atomic mass is 9.68. The second-order valence-corrected chi connectivity index (χ2v) is 26.4. The number of hydrogen-bond donors (Lipinski definition) is 18. The van der Waals surface area contributed by atoms with Crippen molar-refractivity contribution in [1.29, 1.82) is 0 Å². The first-order valence-electron chi connectivity index (χ1n) is 35.3. The third-order valence-electron chi connectivity index (χ3n) is 16.8. The van der Waals surface area contributed by atoms with Crippen LogP contribution in [0.4, 0.5) is 0 Å². The molecule has 0 bridgehead atoms. The predicted molar refractivity (Wildman–Crippen MR) is 362 cm³/mol. The minimum absolute atomic E-state index is 0.00645. The number of aliphatic hydroxyl groups is 9. The van der Waals surface area contributed by atoms with Gasteiger partial charge in [0.1, 0.15) is 60.9 Å². The molecule has 18 N–H and O–H groups in total. The number of hydrogen-bond acceptors (Lipinski definition) is 27. The maximum Gasteiger partial charge on any atom is 0.222 e. The molecule has 2 fully saturated rings. The molecule has 0 aromatic rings. The second kappa shape index (κ2) is 52.5. The maximum absolute atomic E-state index is 12.9. The zero-order chi connectivity index (χ0) is 76.0. The smallest absolute Gasteiger partial charge is 0.222 e. The molecular formula is C66H121N9O27. The Kier molecular flexibility index (Phi) is 47.6. The first-order chi connectivity index (χ1) is 48.5. The number of nitrogens with one attached hydrogen (secondary N) is 9. The lowest BCUT2D eigenvalue weighted by Crippen LogP contribution is -2.64. The zero-order valence-electron chi connectivity index (χ0n) is 60.5. The van der Waals surface area contributed by atoms with Gasteiger partial charge in [0.15, 0.2) is 18.9 Å². The highest BCUT2D eigenvalue weighted by molar-refractivity contribution is 5.78. The zero-order valence-corrected chi connectivity index (χ0v) is 60.5. The number of unbranched alkanes of at least 4 members (excludes halogenated alkanes) is 3. The Bertz CT molecular complexity index is 2320. The van der Waals surface area contributed by atoms with Crippen molar-refractivity contribution in [2.24, 2.45) is 10.8 Å². The van der Waals surface area contributed by atoms with E-state index in [-0.39, 0.29) is 160 Å². The first kappa shape index (κ1) is 92.6. The van der Waals surface area contributed by atoms with Crippen molar-refractivity contribution in [1.82, 2.24) is 47.9 Å². The summed E-state index contributed by atoms with van der Waals surface area (Å²) in [6, 6.07) is -3.12. The van der Waals surface area contributed by atoms with Crippen LogP contribution in [0.3, 0.4) is 0 Å². The summed E-state index contributed by atoms with van der Waals surface area (Å²) in [4.78, 5) is 111. The van der Waals surface area contributed by atoms with E-state index in [0.717, 1.165) is 0 Å². The highest BCUT2D eigenvalue weighted by Crippen LogP contribution is 2.40. The van der Waals surface area contributed by atoms with Gasteiger partial charge in [-0.25, -0.2) is 0 Å². The maximum atomic E-state index is 12.9. The molecule has 0 aromatic heterocycles. The van der Waals surface area contributed by atoms with Crippen LogP contribution < -0.4 is 47.9 Å². The Balaban J connectivity index is 1.85. The van der Waals surface area contributed by atoms with Gasteiger partial charge in [-0.15, -0.1) is 0 Å². The van der Waals surface area contributed by atoms with E-state index in [0.29, 0.717) is 70.9 Å². The molecule has 0 aromatic carbocycles. The third-order valence-corrected chi connectivity index (χ3v) is 16.8. The van der Waals surface area contributed by atoms with Gasteiger partial charge in [-0.05, 0) is 70.1 Å². The van der Waals surface area contributed by atoms with E-state index in [4.69, 9.17) is 42.6 Å². The van der Waals surface area contributed by atoms with Crippen molar-refractivity contribution in [3.8, 4) is 0 Å². The molecule has 0 radical (unpaired) electrons. The van der Waals surface area contributed by atoms with Crippen LogP contribution in [0, 0.1) is 10.8 Å². The number of carbonyl (C=O) groups is 9. The topological polar surface area (TPSA) is 527 Å². The summed E-state index contributed by atoms with van der Waals surface area (Å²) in [7, 11) is 0. The van der Waals surface area contributed by atoms with Gasteiger partial charge in [-0.3, -0.25) is 43.2 Å². The number of rotatable bonds is 56. The standard InChI is InChI=1S/C66H121N9O27/c1-42(80)47(36-77)100-62(46(35-76)73-43(2)81)97-29-11-8-17-50(84)67-23-14-26-70-53(87)20-32-94-39-66(65(5,6)7,40-95-33-21-54(88)71-27-15-24-68-51(85)18-9-12-30-98-63-56(74-44(3)82)60(92)58(90)48(37-78)101-63)41-96-34-22-55(89)72-28-16-25-69-52(86)19-10-13-31-99-64-57(75-45(4)83)61(93)59(91)49(38-79)102-64/h42,46-49,56-64,76-80,90-93H,8-41H2,1-7H3,(H,67,84)(H,68,85)(H,69,86)(H,70,87)(H,71,88)(H,72,89)(H,73,81)(H,74,82)(H,75,83)/t42-,46-,47?,48?,49?,56?,57?,58?,59?,60?,61?,62?,63?,64?,66?/m0/s1. The molecule has 2 aliphatic rings. The second-order valence-electron chi connectivity index (χ2n) is 26.4. The van der Waals surface area contributed by atoms with Crippen LogP contribution in [0.15, 0.2) is 0 Å². The molecule has 0 aliphatic carbocycles. The lowest BCUT2D eigenvalue weighted by Gasteiger charge is -2.44. The van der Waals surface area contributed by atoms with Crippen LogP contribution in [-0.4, -0.2) is 310 Å². The Hall–Kier alpha value is -5.49. The van der Waals surface area contributed by atoms with Crippen LogP contribution in [0.25, 0.3) is 0 Å². The molecule has 2 saturated heterocycles. The summed E-state index contributed by atoms with van der Waals surface area (Å²) in [6.07, 6.45) is -9.14. The van der Waals surface area contributed by atoms with Gasteiger partial charge in [0, 0.05) is 124 Å². The van der Waals surface area contributed by atoms with Gasteiger partial charge in [-0.2, -0.15) is 0 Å². The fourth-order valence-electron chi connectivity index (χ4n) is 10.4. The molecule has 0 saturated carbocycles. The number of amides is 9. The Morgan fingerprint density at radius 1 is 0.441 bits per heavy atom. The highest BCUT2D eigenvalue weighted by atomic mass is 16.7. The molecule has 36 heteroatoms. The van der Waals surface area contributed by atoms with Crippen molar-refractivity contribution in [2.45, 2.75) is 231 Å². The van der Waals surface area contributed by atoms with Crippen molar-refractivity contribution >= 4 is 53.2 Å². The van der Waals surface area contributed by atoms with Crippen molar-refractivity contribution in [3.63, 3.8) is 0 Å². The molecular weight excluding hydrogens is 1350 g/mol. The van der Waals surface area contributed by atoms with Gasteiger partial charge in [-0.1, -0.05) is 20.8 Å². The molecule has 12 unspecified atom stereocenters. The van der Waals surface area contributed by atoms with E-state index < -0.39 is 141 Å². The molecule has 102 heavy (non-hydrogen) atoms. The number of ether oxygens (including phenoxy) is 9. The van der Waals surface area contributed by atoms with E-state index in [1.54, 1.807) is 0 Å². The summed E-state index contributed by atoms with van der Waals surface area (Å²) in [6.45, 7) is 11.1. The van der Waals surface area contributed by atoms with Crippen LogP contribution in [0.2, 0.25) is 0 Å². The Morgan fingerprint density at radius 2 is 0.784 bits per heavy atom. The minimum atomic E-state index is -1.44. The molecule has 2 heterocycles. The molecule has 14 atom stereocenters. The Morgan fingerprint density at radius 3 is 1.08 bits per heavy atom. The molecule has 36 nitrogen and oxygen atoms in total. The van der Waals surface area contributed by atoms with Gasteiger partial charge in [0.05, 0.1) is 72.2 Å². The van der Waals surface area contributed by atoms with Crippen molar-refractivity contribution in [3.05, 3.63) is 0 Å². The molecule has 2 aliphatic heterocycles. The van der Waals surface area contributed by atoms with E-state index in [1.165, 1.54) is 27.7 Å². The minimum Gasteiger partial charge on any atom is -0.394 e. The van der Waals surface area contributed by atoms with Gasteiger partial charge in [0.25, 0.3) is 0 Å². The monoisotopic (exact) mass is 1470 g/mol. The summed E-state index contributed by atoms with van der Waals surface area (Å²) >= 11 is 0.